The molecule has 0 amide bonds. The lowest BCUT2D eigenvalue weighted by Gasteiger charge is -2.48. The van der Waals surface area contributed by atoms with Crippen molar-refractivity contribution >= 4 is 69.5 Å². The van der Waals surface area contributed by atoms with E-state index in [1.165, 1.54) is 12.1 Å². The van der Waals surface area contributed by atoms with Gasteiger partial charge in [-0.25, -0.2) is 4.79 Å². The van der Waals surface area contributed by atoms with E-state index >= 15 is 0 Å². The van der Waals surface area contributed by atoms with Crippen LogP contribution in [0.25, 0.3) is 21.5 Å². The fourth-order valence-electron chi connectivity index (χ4n) is 7.09. The van der Waals surface area contributed by atoms with Crippen LogP contribution in [0, 0.1) is 19.8 Å². The number of esters is 1. The molecule has 0 fully saturated rings. The fraction of sp³-hybridized carbons (Fsp3) is 0.324. The van der Waals surface area contributed by atoms with Crippen LogP contribution in [-0.4, -0.2) is 51.3 Å². The average molecular weight is 857 g/mol. The second-order valence-corrected chi connectivity index (χ2v) is 15.3. The molecule has 4 aromatic carbocycles. The first-order valence-corrected chi connectivity index (χ1v) is 18.9. The Hall–Kier alpha value is -3.27. The van der Waals surface area contributed by atoms with E-state index in [2.05, 4.69) is 31.9 Å². The van der Waals surface area contributed by atoms with Crippen LogP contribution in [0.15, 0.2) is 87.3 Å². The molecule has 0 aromatic heterocycles. The van der Waals surface area contributed by atoms with Gasteiger partial charge in [0, 0.05) is 20.2 Å². The van der Waals surface area contributed by atoms with Gasteiger partial charge in [0.15, 0.2) is 12.0 Å². The quantitative estimate of drug-likeness (QED) is 0.0652. The lowest BCUT2D eigenvalue weighted by atomic mass is 9.56. The predicted molar refractivity (Wildman–Crippen MR) is 195 cm³/mol. The third kappa shape index (κ3) is 7.49. The van der Waals surface area contributed by atoms with E-state index in [4.69, 9.17) is 18.4 Å². The topological polar surface area (TPSA) is 108 Å². The molecular weight excluding hydrogens is 821 g/mol. The molecule has 272 valence electrons. The first-order valence-electron chi connectivity index (χ1n) is 15.9. The number of aliphatic hydroxyl groups excluding tert-OH is 1. The number of aryl methyl sites for hydroxylation is 2. The van der Waals surface area contributed by atoms with E-state index in [9.17, 15) is 31.5 Å². The highest BCUT2D eigenvalue weighted by Gasteiger charge is 2.52. The highest BCUT2D eigenvalue weighted by Crippen LogP contribution is 2.55. The van der Waals surface area contributed by atoms with Crippen molar-refractivity contribution in [3.05, 3.63) is 110 Å². The monoisotopic (exact) mass is 854 g/mol. The van der Waals surface area contributed by atoms with Gasteiger partial charge in [0.1, 0.15) is 13.4 Å². The number of carbonyl (C=O) groups excluding carboxylic acids is 1. The number of hydrogen-bond donors (Lipinski definition) is 1. The number of carbonyl (C=O) groups is 1. The third-order valence-corrected chi connectivity index (χ3v) is 10.9. The van der Waals surface area contributed by atoms with Crippen LogP contribution >= 0.6 is 31.9 Å². The number of allylic oxidation sites excluding steroid dienone is 3. The predicted octanol–water partition coefficient (Wildman–Crippen LogP) is 9.04. The summed E-state index contributed by atoms with van der Waals surface area (Å²) >= 11 is 7.01. The van der Waals surface area contributed by atoms with Crippen LogP contribution in [0.3, 0.4) is 0 Å². The van der Waals surface area contributed by atoms with Gasteiger partial charge in [-0.3, -0.25) is 0 Å². The van der Waals surface area contributed by atoms with E-state index in [1.54, 1.807) is 37.3 Å². The van der Waals surface area contributed by atoms with Crippen LogP contribution in [0.1, 0.15) is 42.5 Å². The molecule has 0 saturated heterocycles. The molecule has 0 heterocycles. The summed E-state index contributed by atoms with van der Waals surface area (Å²) in [4.78, 5) is 12.5. The maximum absolute atomic E-state index is 13.8. The van der Waals surface area contributed by atoms with Crippen molar-refractivity contribution in [2.24, 2.45) is 5.92 Å². The molecule has 0 saturated carbocycles. The van der Waals surface area contributed by atoms with E-state index in [0.717, 1.165) is 37.5 Å². The zero-order valence-electron chi connectivity index (χ0n) is 28.0. The van der Waals surface area contributed by atoms with Crippen LogP contribution in [-0.2, 0) is 34.5 Å². The number of halogens is 5. The van der Waals surface area contributed by atoms with Gasteiger partial charge in [-0.05, 0) is 108 Å². The summed E-state index contributed by atoms with van der Waals surface area (Å²) in [7, 11) is -6.09. The summed E-state index contributed by atoms with van der Waals surface area (Å²) in [6.45, 7) is 6.19. The molecule has 1 aliphatic carbocycles. The Balaban J connectivity index is 1.95. The Kier molecular flexibility index (Phi) is 11.7. The van der Waals surface area contributed by atoms with Crippen LogP contribution < -0.4 is 4.18 Å². The third-order valence-electron chi connectivity index (χ3n) is 8.98. The zero-order chi connectivity index (χ0) is 37.3. The van der Waals surface area contributed by atoms with Crippen molar-refractivity contribution in [3.63, 3.8) is 0 Å². The smallest absolute Gasteiger partial charge is 0.464 e. The second-order valence-electron chi connectivity index (χ2n) is 11.9. The number of hydrogen-bond acceptors (Lipinski definition) is 8. The number of aliphatic hydroxyl groups is 1. The first-order chi connectivity index (χ1) is 24.1. The molecule has 14 heteroatoms. The maximum atomic E-state index is 13.8. The summed E-state index contributed by atoms with van der Waals surface area (Å²) in [6, 6.07) is 15.6. The first kappa shape index (κ1) is 38.9. The lowest BCUT2D eigenvalue weighted by molar-refractivity contribution is -0.211. The Morgan fingerprint density at radius 2 is 1.67 bits per heavy atom. The van der Waals surface area contributed by atoms with Gasteiger partial charge in [-0.2, -0.15) is 21.6 Å². The highest BCUT2D eigenvalue weighted by atomic mass is 79.9. The van der Waals surface area contributed by atoms with Gasteiger partial charge in [-0.1, -0.05) is 74.7 Å². The Bertz CT molecular complexity index is 2150. The number of fused-ring (bicyclic) bond motifs is 2. The van der Waals surface area contributed by atoms with Gasteiger partial charge in [-0.15, -0.1) is 0 Å². The molecule has 4 aromatic rings. The minimum Gasteiger partial charge on any atom is -0.464 e. The molecule has 1 N–H and O–H groups in total. The van der Waals surface area contributed by atoms with E-state index in [1.807, 2.05) is 51.1 Å². The minimum atomic E-state index is -6.09. The van der Waals surface area contributed by atoms with Crippen molar-refractivity contribution in [2.45, 2.75) is 51.3 Å². The number of rotatable bonds is 12. The van der Waals surface area contributed by atoms with Crippen molar-refractivity contribution in [3.8, 4) is 5.75 Å². The molecule has 5 rings (SSSR count). The Labute approximate surface area is 310 Å². The lowest BCUT2D eigenvalue weighted by Crippen LogP contribution is -2.48. The van der Waals surface area contributed by atoms with E-state index in [0.29, 0.717) is 21.8 Å². The normalized spacial score (nSPS) is 18.5. The van der Waals surface area contributed by atoms with Crippen LogP contribution in [0.4, 0.5) is 13.2 Å². The van der Waals surface area contributed by atoms with Crippen molar-refractivity contribution in [1.29, 1.82) is 0 Å². The summed E-state index contributed by atoms with van der Waals surface area (Å²) < 4.78 is 89.7. The van der Waals surface area contributed by atoms with Crippen LogP contribution in [0.5, 0.6) is 5.75 Å². The van der Waals surface area contributed by atoms with Crippen molar-refractivity contribution < 1.29 is 49.9 Å². The molecule has 3 atom stereocenters. The van der Waals surface area contributed by atoms with Gasteiger partial charge < -0.3 is 23.5 Å². The van der Waals surface area contributed by atoms with E-state index in [-0.39, 0.29) is 12.0 Å². The van der Waals surface area contributed by atoms with Crippen molar-refractivity contribution in [2.75, 3.05) is 20.0 Å². The molecule has 51 heavy (non-hydrogen) atoms. The van der Waals surface area contributed by atoms with Gasteiger partial charge in [0.25, 0.3) is 0 Å². The average Bonchev–Trinajstić information content (AvgIpc) is 3.06. The summed E-state index contributed by atoms with van der Waals surface area (Å²) in [5.74, 6) is -2.11. The van der Waals surface area contributed by atoms with Gasteiger partial charge in [0.05, 0.1) is 12.0 Å². The molecule has 0 spiro atoms. The Morgan fingerprint density at radius 1 is 0.961 bits per heavy atom. The number of alkyl halides is 3. The molecule has 8 nitrogen and oxygen atoms in total. The fourth-order valence-corrected chi connectivity index (χ4v) is 8.30. The summed E-state index contributed by atoms with van der Waals surface area (Å²) in [5, 5.41) is 12.4. The molecule has 0 radical (unpaired) electrons. The number of ether oxygens (including phenoxy) is 3. The molecule has 3 unspecified atom stereocenters. The zero-order valence-corrected chi connectivity index (χ0v) is 32.0. The molecule has 1 aliphatic rings. The highest BCUT2D eigenvalue weighted by molar-refractivity contribution is 9.10. The molecule has 0 aliphatic heterocycles. The maximum Gasteiger partial charge on any atom is 0.534 e. The van der Waals surface area contributed by atoms with Crippen molar-refractivity contribution in [1.82, 2.24) is 0 Å². The second kappa shape index (κ2) is 15.4. The molecular formula is C37H35Br2F3O8S. The summed E-state index contributed by atoms with van der Waals surface area (Å²) in [5.41, 5.74) is -3.59. The number of benzene rings is 4. The van der Waals surface area contributed by atoms with E-state index < -0.39 is 58.4 Å². The van der Waals surface area contributed by atoms with Gasteiger partial charge in [0.2, 0.25) is 0 Å². The SMILES string of the molecule is CCOC(=O)COC(OCO)C1C=CC=C(CC)C1(c1cc(OS(=O)(=O)C(F)(F)F)c2ccc(Br)cc2c1)c1c(C)cc2ccc(Br)cc2c1C. The molecule has 0 bridgehead atoms. The van der Waals surface area contributed by atoms with Crippen LogP contribution in [0.2, 0.25) is 0 Å². The Morgan fingerprint density at radius 3 is 2.33 bits per heavy atom. The minimum absolute atomic E-state index is 0.102. The summed E-state index contributed by atoms with van der Waals surface area (Å²) in [6.07, 6.45) is 4.55. The standard InChI is InChI=1S/C37H35Br2F3O8S/c1-5-25-8-7-9-31(35(49-20-43)48-19-33(44)47-6-2)36(25,34-21(3)14-23-10-11-28(39)18-30(23)22(34)4)26-15-24-16-27(38)12-13-29(24)32(17-26)50-51(45,46)37(40,41)42/h7-18,31,35,43H,5-6,19-20H2,1-4H3. The van der Waals surface area contributed by atoms with Gasteiger partial charge >= 0.3 is 21.6 Å². The largest absolute Gasteiger partial charge is 0.534 e.